The van der Waals surface area contributed by atoms with Gasteiger partial charge >= 0.3 is 0 Å². The molecule has 4 aliphatic rings. The molecule has 3 atom stereocenters. The summed E-state index contributed by atoms with van der Waals surface area (Å²) in [7, 11) is 1.72. The number of hydrogen-bond acceptors (Lipinski definition) is 5. The van der Waals surface area contributed by atoms with Crippen LogP contribution in [0.2, 0.25) is 0 Å². The summed E-state index contributed by atoms with van der Waals surface area (Å²) in [6.07, 6.45) is 8.43. The number of hydrogen-bond donors (Lipinski definition) is 1. The van der Waals surface area contributed by atoms with Gasteiger partial charge in [-0.05, 0) is 44.9 Å². The van der Waals surface area contributed by atoms with Gasteiger partial charge in [0.25, 0.3) is 5.56 Å². The first-order valence-electron chi connectivity index (χ1n) is 12.3. The molecule has 2 aliphatic heterocycles. The standard InChI is InChI=1S/C24H34N4O4/c1-32-18-7-3-6-16(12-18)24(31)27-10-8-17(13-27)21-25-20-14-28(23(30)15-4-2-5-15)11-9-19(20)22(29)26-21/h15-18H,2-14H2,1H3,(H,25,26,29)/t16-,17-,18-/m0/s1. The second-order valence-electron chi connectivity index (χ2n) is 10.0. The Morgan fingerprint density at radius 2 is 1.75 bits per heavy atom. The number of likely N-dealkylation sites (tertiary alicyclic amines) is 1. The molecule has 1 saturated heterocycles. The van der Waals surface area contributed by atoms with Gasteiger partial charge in [-0.3, -0.25) is 14.4 Å². The Kier molecular flexibility index (Phi) is 6.05. The summed E-state index contributed by atoms with van der Waals surface area (Å²) < 4.78 is 5.49. The van der Waals surface area contributed by atoms with Crippen LogP contribution in [0.25, 0.3) is 0 Å². The molecular weight excluding hydrogens is 408 g/mol. The second kappa shape index (κ2) is 8.96. The maximum absolute atomic E-state index is 13.1. The van der Waals surface area contributed by atoms with Gasteiger partial charge < -0.3 is 19.5 Å². The van der Waals surface area contributed by atoms with Crippen molar-refractivity contribution in [2.24, 2.45) is 11.8 Å². The molecule has 5 rings (SSSR count). The van der Waals surface area contributed by atoms with Crippen LogP contribution < -0.4 is 5.56 Å². The zero-order valence-electron chi connectivity index (χ0n) is 19.0. The van der Waals surface area contributed by atoms with E-state index < -0.39 is 0 Å². The zero-order valence-corrected chi connectivity index (χ0v) is 19.0. The SMILES string of the molecule is CO[C@H]1CCC[C@H](C(=O)N2CC[C@H](c3nc4c(c(=O)[nH]3)CCN(C(=O)C3CCC3)C4)C2)C1. The van der Waals surface area contributed by atoms with E-state index in [1.807, 2.05) is 9.80 Å². The van der Waals surface area contributed by atoms with Crippen molar-refractivity contribution >= 4 is 11.8 Å². The van der Waals surface area contributed by atoms with Crippen LogP contribution in [0.3, 0.4) is 0 Å². The van der Waals surface area contributed by atoms with Gasteiger partial charge in [0.15, 0.2) is 0 Å². The summed E-state index contributed by atoms with van der Waals surface area (Å²) in [5.41, 5.74) is 1.37. The molecule has 0 radical (unpaired) electrons. The van der Waals surface area contributed by atoms with Crippen molar-refractivity contribution in [3.8, 4) is 0 Å². The van der Waals surface area contributed by atoms with E-state index >= 15 is 0 Å². The highest BCUT2D eigenvalue weighted by Gasteiger charge is 2.36. The molecule has 0 spiro atoms. The number of rotatable bonds is 4. The quantitative estimate of drug-likeness (QED) is 0.769. The Labute approximate surface area is 188 Å². The Morgan fingerprint density at radius 1 is 1.00 bits per heavy atom. The molecule has 2 amide bonds. The number of carbonyl (C=O) groups is 2. The fourth-order valence-electron chi connectivity index (χ4n) is 5.78. The number of amides is 2. The summed E-state index contributed by atoms with van der Waals surface area (Å²) in [6.45, 7) is 2.32. The molecule has 32 heavy (non-hydrogen) atoms. The molecule has 0 bridgehead atoms. The summed E-state index contributed by atoms with van der Waals surface area (Å²) in [5.74, 6) is 1.33. The highest BCUT2D eigenvalue weighted by Crippen LogP contribution is 2.32. The van der Waals surface area contributed by atoms with Crippen LogP contribution in [0.4, 0.5) is 0 Å². The Morgan fingerprint density at radius 3 is 2.50 bits per heavy atom. The van der Waals surface area contributed by atoms with Crippen molar-refractivity contribution in [2.45, 2.75) is 76.4 Å². The van der Waals surface area contributed by atoms with Gasteiger partial charge in [0.05, 0.1) is 18.3 Å². The number of methoxy groups -OCH3 is 1. The molecule has 2 saturated carbocycles. The van der Waals surface area contributed by atoms with Gasteiger partial charge in [0, 0.05) is 50.1 Å². The van der Waals surface area contributed by atoms with Crippen LogP contribution in [0.5, 0.6) is 0 Å². The Hall–Kier alpha value is -2.22. The van der Waals surface area contributed by atoms with Crippen LogP contribution in [-0.2, 0) is 27.3 Å². The van der Waals surface area contributed by atoms with E-state index in [2.05, 4.69) is 4.98 Å². The van der Waals surface area contributed by atoms with Crippen LogP contribution in [-0.4, -0.2) is 64.4 Å². The fourth-order valence-corrected chi connectivity index (χ4v) is 5.78. The summed E-state index contributed by atoms with van der Waals surface area (Å²) in [5, 5.41) is 0. The zero-order chi connectivity index (χ0) is 22.2. The number of H-pyrrole nitrogens is 1. The lowest BCUT2D eigenvalue weighted by molar-refractivity contribution is -0.139. The number of fused-ring (bicyclic) bond motifs is 1. The van der Waals surface area contributed by atoms with Crippen LogP contribution in [0.1, 0.15) is 74.4 Å². The smallest absolute Gasteiger partial charge is 0.254 e. The number of aromatic amines is 1. The number of carbonyl (C=O) groups excluding carboxylic acids is 2. The molecule has 2 aliphatic carbocycles. The third-order valence-corrected chi connectivity index (χ3v) is 8.05. The molecule has 0 unspecified atom stereocenters. The fraction of sp³-hybridized carbons (Fsp3) is 0.750. The molecule has 3 heterocycles. The van der Waals surface area contributed by atoms with Crippen molar-refractivity contribution in [1.82, 2.24) is 19.8 Å². The lowest BCUT2D eigenvalue weighted by Gasteiger charge is -2.34. The van der Waals surface area contributed by atoms with Crippen molar-refractivity contribution < 1.29 is 14.3 Å². The third kappa shape index (κ3) is 4.09. The van der Waals surface area contributed by atoms with Gasteiger partial charge in [-0.1, -0.05) is 12.8 Å². The second-order valence-corrected chi connectivity index (χ2v) is 10.0. The van der Waals surface area contributed by atoms with Crippen LogP contribution >= 0.6 is 0 Å². The first kappa shape index (κ1) is 21.6. The lowest BCUT2D eigenvalue weighted by atomic mass is 9.84. The van der Waals surface area contributed by atoms with E-state index in [-0.39, 0.29) is 41.2 Å². The molecule has 1 N–H and O–H groups in total. The minimum Gasteiger partial charge on any atom is -0.381 e. The highest BCUT2D eigenvalue weighted by molar-refractivity contribution is 5.80. The lowest BCUT2D eigenvalue weighted by Crippen LogP contribution is -2.43. The minimum atomic E-state index is -0.0827. The average Bonchev–Trinajstić information content (AvgIpc) is 3.27. The monoisotopic (exact) mass is 442 g/mol. The molecule has 174 valence electrons. The van der Waals surface area contributed by atoms with Crippen LogP contribution in [0, 0.1) is 11.8 Å². The summed E-state index contributed by atoms with van der Waals surface area (Å²) in [6, 6.07) is 0. The van der Waals surface area contributed by atoms with Gasteiger partial charge in [-0.25, -0.2) is 4.98 Å². The number of aromatic nitrogens is 2. The van der Waals surface area contributed by atoms with E-state index in [1.54, 1.807) is 7.11 Å². The molecule has 1 aromatic rings. The maximum Gasteiger partial charge on any atom is 0.254 e. The molecule has 3 fully saturated rings. The average molecular weight is 443 g/mol. The molecule has 8 nitrogen and oxygen atoms in total. The molecular formula is C24H34N4O4. The third-order valence-electron chi connectivity index (χ3n) is 8.05. The van der Waals surface area contributed by atoms with E-state index in [0.29, 0.717) is 44.0 Å². The van der Waals surface area contributed by atoms with Gasteiger partial charge in [-0.2, -0.15) is 0 Å². The first-order valence-corrected chi connectivity index (χ1v) is 12.3. The predicted octanol–water partition coefficient (Wildman–Crippen LogP) is 1.98. The number of nitrogens with one attached hydrogen (secondary N) is 1. The van der Waals surface area contributed by atoms with Gasteiger partial charge in [-0.15, -0.1) is 0 Å². The Balaban J connectivity index is 1.27. The van der Waals surface area contributed by atoms with Crippen LogP contribution in [0.15, 0.2) is 4.79 Å². The van der Waals surface area contributed by atoms with Crippen molar-refractivity contribution in [1.29, 1.82) is 0 Å². The van der Waals surface area contributed by atoms with Gasteiger partial charge in [0.1, 0.15) is 5.82 Å². The maximum atomic E-state index is 13.1. The largest absolute Gasteiger partial charge is 0.381 e. The first-order chi connectivity index (χ1) is 15.5. The normalized spacial score (nSPS) is 28.3. The summed E-state index contributed by atoms with van der Waals surface area (Å²) in [4.78, 5) is 50.2. The van der Waals surface area contributed by atoms with Crippen molar-refractivity contribution in [2.75, 3.05) is 26.7 Å². The molecule has 1 aromatic heterocycles. The predicted molar refractivity (Wildman–Crippen MR) is 118 cm³/mol. The van der Waals surface area contributed by atoms with Crippen molar-refractivity contribution in [3.63, 3.8) is 0 Å². The van der Waals surface area contributed by atoms with E-state index in [1.165, 1.54) is 0 Å². The van der Waals surface area contributed by atoms with Crippen molar-refractivity contribution in [3.05, 3.63) is 27.4 Å². The highest BCUT2D eigenvalue weighted by atomic mass is 16.5. The summed E-state index contributed by atoms with van der Waals surface area (Å²) >= 11 is 0. The van der Waals surface area contributed by atoms with Gasteiger partial charge in [0.2, 0.25) is 11.8 Å². The molecule has 8 heteroatoms. The number of ether oxygens (including phenoxy) is 1. The van der Waals surface area contributed by atoms with E-state index in [0.717, 1.165) is 57.1 Å². The topological polar surface area (TPSA) is 95.6 Å². The minimum absolute atomic E-state index is 0.0362. The molecule has 0 aromatic carbocycles. The van der Waals surface area contributed by atoms with E-state index in [4.69, 9.17) is 9.72 Å². The Bertz CT molecular complexity index is 940. The van der Waals surface area contributed by atoms with E-state index in [9.17, 15) is 14.4 Å². The number of nitrogens with zero attached hydrogens (tertiary/aromatic N) is 3.